The first-order chi connectivity index (χ1) is 16.6. The van der Waals surface area contributed by atoms with Gasteiger partial charge in [-0.15, -0.1) is 0 Å². The van der Waals surface area contributed by atoms with E-state index in [-0.39, 0.29) is 28.9 Å². The lowest BCUT2D eigenvalue weighted by atomic mass is 10.1. The molecule has 0 saturated carbocycles. The van der Waals surface area contributed by atoms with E-state index in [4.69, 9.17) is 5.73 Å². The van der Waals surface area contributed by atoms with Crippen LogP contribution in [0.4, 0.5) is 29.3 Å². The monoisotopic (exact) mass is 485 g/mol. The number of fused-ring (bicyclic) bond motifs is 2. The summed E-state index contributed by atoms with van der Waals surface area (Å²) in [5.74, 6) is -1.34. The van der Waals surface area contributed by atoms with E-state index < -0.39 is 35.6 Å². The molecule has 1 atom stereocenters. The molecule has 1 unspecified atom stereocenters. The minimum atomic E-state index is -4.73. The van der Waals surface area contributed by atoms with Crippen LogP contribution in [0, 0.1) is 5.82 Å². The van der Waals surface area contributed by atoms with Crippen LogP contribution in [0.2, 0.25) is 0 Å². The van der Waals surface area contributed by atoms with Crippen LogP contribution in [0.25, 0.3) is 10.9 Å². The zero-order valence-corrected chi connectivity index (χ0v) is 18.3. The largest absolute Gasteiger partial charge is 0.416 e. The number of hydrogen-bond acceptors (Lipinski definition) is 6. The Labute approximate surface area is 196 Å². The number of benzene rings is 2. The lowest BCUT2D eigenvalue weighted by molar-refractivity contribution is -0.138. The van der Waals surface area contributed by atoms with Crippen molar-refractivity contribution in [2.24, 2.45) is 5.73 Å². The number of alkyl halides is 3. The number of carbonyl (C=O) groups is 1. The summed E-state index contributed by atoms with van der Waals surface area (Å²) >= 11 is 0. The van der Waals surface area contributed by atoms with Crippen LogP contribution in [0.1, 0.15) is 45.7 Å². The SMILES string of the molecule is CC1c2[nH]ncc2CN1c1nc(NCc2c(F)cccc2C(F)(F)F)c2cccc(C(N)=O)c2n1. The Balaban J connectivity index is 1.60. The second-order valence-corrected chi connectivity index (χ2v) is 8.17. The molecule has 2 aromatic carbocycles. The van der Waals surface area contributed by atoms with E-state index in [1.54, 1.807) is 18.3 Å². The van der Waals surface area contributed by atoms with Gasteiger partial charge in [-0.3, -0.25) is 9.89 Å². The lowest BCUT2D eigenvalue weighted by Crippen LogP contribution is -2.23. The fourth-order valence-corrected chi connectivity index (χ4v) is 4.31. The number of para-hydroxylation sites is 1. The highest BCUT2D eigenvalue weighted by molar-refractivity contribution is 6.07. The number of carbonyl (C=O) groups excluding carboxylic acids is 1. The number of rotatable bonds is 5. The van der Waals surface area contributed by atoms with Crippen LogP contribution in [-0.4, -0.2) is 26.1 Å². The standard InChI is InChI=1S/C23H19F4N7O/c1-11-18-12(8-30-33-18)10-34(11)22-31-19-13(20(28)35)4-2-5-14(19)21(32-22)29-9-15-16(23(25,26)27)6-3-7-17(15)24/h2-8,11H,9-10H2,1H3,(H2,28,35)(H,30,33)(H,29,31,32). The van der Waals surface area contributed by atoms with E-state index in [9.17, 15) is 22.4 Å². The number of aromatic nitrogens is 4. The van der Waals surface area contributed by atoms with Crippen LogP contribution in [0.5, 0.6) is 0 Å². The molecule has 8 nitrogen and oxygen atoms in total. The number of amides is 1. The molecule has 4 aromatic rings. The Morgan fingerprint density at radius 1 is 1.23 bits per heavy atom. The highest BCUT2D eigenvalue weighted by Gasteiger charge is 2.35. The third-order valence-electron chi connectivity index (χ3n) is 6.07. The van der Waals surface area contributed by atoms with Crippen LogP contribution in [0.15, 0.2) is 42.6 Å². The van der Waals surface area contributed by atoms with E-state index in [2.05, 4.69) is 25.5 Å². The van der Waals surface area contributed by atoms with Crippen molar-refractivity contribution in [1.82, 2.24) is 20.2 Å². The molecule has 3 heterocycles. The summed E-state index contributed by atoms with van der Waals surface area (Å²) in [6, 6.07) is 7.30. The van der Waals surface area contributed by atoms with E-state index in [0.717, 1.165) is 29.5 Å². The van der Waals surface area contributed by atoms with Gasteiger partial charge in [0, 0.05) is 29.6 Å². The molecule has 0 saturated heterocycles. The minimum Gasteiger partial charge on any atom is -0.366 e. The molecule has 2 aromatic heterocycles. The molecule has 1 aliphatic heterocycles. The summed E-state index contributed by atoms with van der Waals surface area (Å²) in [6.07, 6.45) is -3.04. The van der Waals surface area contributed by atoms with Gasteiger partial charge in [0.25, 0.3) is 5.91 Å². The number of nitrogens with one attached hydrogen (secondary N) is 2. The molecule has 0 fully saturated rings. The molecule has 0 radical (unpaired) electrons. The first-order valence-corrected chi connectivity index (χ1v) is 10.6. The van der Waals surface area contributed by atoms with Gasteiger partial charge in [0.2, 0.25) is 5.95 Å². The molecule has 1 aliphatic rings. The molecular weight excluding hydrogens is 466 g/mol. The zero-order valence-electron chi connectivity index (χ0n) is 18.3. The van der Waals surface area contributed by atoms with Crippen molar-refractivity contribution in [3.05, 3.63) is 76.4 Å². The van der Waals surface area contributed by atoms with Gasteiger partial charge in [0.05, 0.1) is 34.6 Å². The first-order valence-electron chi connectivity index (χ1n) is 10.6. The predicted octanol–water partition coefficient (Wildman–Crippen LogP) is 4.30. The number of nitrogens with two attached hydrogens (primary N) is 1. The Bertz CT molecular complexity index is 1450. The Hall–Kier alpha value is -4.22. The molecule has 0 aliphatic carbocycles. The fourth-order valence-electron chi connectivity index (χ4n) is 4.31. The number of hydrogen-bond donors (Lipinski definition) is 3. The molecule has 4 N–H and O–H groups in total. The summed E-state index contributed by atoms with van der Waals surface area (Å²) in [5.41, 5.74) is 6.10. The predicted molar refractivity (Wildman–Crippen MR) is 120 cm³/mol. The zero-order chi connectivity index (χ0) is 24.9. The van der Waals surface area contributed by atoms with E-state index in [1.807, 2.05) is 11.8 Å². The van der Waals surface area contributed by atoms with Gasteiger partial charge < -0.3 is 16.0 Å². The third kappa shape index (κ3) is 3.90. The van der Waals surface area contributed by atoms with Gasteiger partial charge in [-0.2, -0.15) is 23.3 Å². The Kier molecular flexibility index (Phi) is 5.30. The summed E-state index contributed by atoms with van der Waals surface area (Å²) in [7, 11) is 0. The lowest BCUT2D eigenvalue weighted by Gasteiger charge is -2.23. The number of primary amides is 1. The Morgan fingerprint density at radius 3 is 2.71 bits per heavy atom. The third-order valence-corrected chi connectivity index (χ3v) is 6.07. The molecular formula is C23H19F4N7O. The maximum atomic E-state index is 14.4. The first kappa shape index (κ1) is 22.6. The highest BCUT2D eigenvalue weighted by atomic mass is 19.4. The van der Waals surface area contributed by atoms with Crippen LogP contribution < -0.4 is 16.0 Å². The second-order valence-electron chi connectivity index (χ2n) is 8.17. The average molecular weight is 485 g/mol. The minimum absolute atomic E-state index is 0.128. The van der Waals surface area contributed by atoms with Gasteiger partial charge in [-0.05, 0) is 31.2 Å². The fraction of sp³-hybridized carbons (Fsp3) is 0.217. The summed E-state index contributed by atoms with van der Waals surface area (Å²) < 4.78 is 54.8. The molecule has 1 amide bonds. The van der Waals surface area contributed by atoms with Crippen molar-refractivity contribution in [3.8, 4) is 0 Å². The second kappa shape index (κ2) is 8.22. The van der Waals surface area contributed by atoms with E-state index >= 15 is 0 Å². The molecule has 0 bridgehead atoms. The number of anilines is 2. The van der Waals surface area contributed by atoms with Gasteiger partial charge in [0.15, 0.2) is 0 Å². The van der Waals surface area contributed by atoms with Crippen molar-refractivity contribution in [2.75, 3.05) is 10.2 Å². The number of aromatic amines is 1. The summed E-state index contributed by atoms with van der Waals surface area (Å²) in [4.78, 5) is 23.0. The van der Waals surface area contributed by atoms with Gasteiger partial charge in [-0.25, -0.2) is 9.37 Å². The van der Waals surface area contributed by atoms with Crippen LogP contribution in [0.3, 0.4) is 0 Å². The number of nitrogens with zero attached hydrogens (tertiary/aromatic N) is 4. The molecule has 12 heteroatoms. The Morgan fingerprint density at radius 2 is 2.00 bits per heavy atom. The van der Waals surface area contributed by atoms with Crippen molar-refractivity contribution in [2.45, 2.75) is 32.2 Å². The van der Waals surface area contributed by atoms with Crippen molar-refractivity contribution < 1.29 is 22.4 Å². The van der Waals surface area contributed by atoms with E-state index in [1.165, 1.54) is 6.07 Å². The van der Waals surface area contributed by atoms with Crippen molar-refractivity contribution in [1.29, 1.82) is 0 Å². The summed E-state index contributed by atoms with van der Waals surface area (Å²) in [5, 5.41) is 10.2. The highest BCUT2D eigenvalue weighted by Crippen LogP contribution is 2.37. The van der Waals surface area contributed by atoms with Gasteiger partial charge >= 0.3 is 6.18 Å². The molecule has 180 valence electrons. The molecule has 35 heavy (non-hydrogen) atoms. The molecule has 0 spiro atoms. The topological polar surface area (TPSA) is 113 Å². The van der Waals surface area contributed by atoms with Gasteiger partial charge in [0.1, 0.15) is 11.6 Å². The maximum absolute atomic E-state index is 14.4. The van der Waals surface area contributed by atoms with Gasteiger partial charge in [-0.1, -0.05) is 12.1 Å². The quantitative estimate of drug-likeness (QED) is 0.363. The van der Waals surface area contributed by atoms with Crippen molar-refractivity contribution >= 4 is 28.6 Å². The molecule has 5 rings (SSSR count). The number of H-pyrrole nitrogens is 1. The number of halogens is 4. The van der Waals surface area contributed by atoms with Crippen LogP contribution in [-0.2, 0) is 19.3 Å². The van der Waals surface area contributed by atoms with Crippen LogP contribution >= 0.6 is 0 Å². The van der Waals surface area contributed by atoms with Crippen molar-refractivity contribution in [3.63, 3.8) is 0 Å². The maximum Gasteiger partial charge on any atom is 0.416 e. The smallest absolute Gasteiger partial charge is 0.366 e. The summed E-state index contributed by atoms with van der Waals surface area (Å²) in [6.45, 7) is 1.86. The van der Waals surface area contributed by atoms with E-state index in [0.29, 0.717) is 11.9 Å². The normalized spacial score (nSPS) is 15.5. The average Bonchev–Trinajstić information content (AvgIpc) is 3.39.